The number of hydrogen-bond donors (Lipinski definition) is 3. The molecule has 0 aromatic heterocycles. The molecule has 1 fully saturated rings. The Morgan fingerprint density at radius 1 is 1.27 bits per heavy atom. The van der Waals surface area contributed by atoms with Gasteiger partial charge in [0.1, 0.15) is 0 Å². The number of nitrogens with one attached hydrogen (secondary N) is 1. The lowest BCUT2D eigenvalue weighted by atomic mass is 10.2. The third kappa shape index (κ3) is 17.0. The fourth-order valence-electron chi connectivity index (χ4n) is 2.24. The number of rotatable bonds is 4. The van der Waals surface area contributed by atoms with Crippen molar-refractivity contribution in [2.24, 2.45) is 11.5 Å². The summed E-state index contributed by atoms with van der Waals surface area (Å²) in [5.74, 6) is -0.508. The minimum atomic E-state index is -0.694. The molecule has 5 nitrogen and oxygen atoms in total. The van der Waals surface area contributed by atoms with Gasteiger partial charge in [-0.3, -0.25) is 10.2 Å². The van der Waals surface area contributed by atoms with Crippen molar-refractivity contribution in [2.45, 2.75) is 84.0 Å². The van der Waals surface area contributed by atoms with Gasteiger partial charge < -0.3 is 16.2 Å². The molecule has 5 N–H and O–H groups in total. The number of unbranched alkanes of at least 4 members (excludes halogenated alkanes) is 2. The second-order valence-corrected chi connectivity index (χ2v) is 12.1. The number of nitrogens with two attached hydrogens (primary N) is 2. The summed E-state index contributed by atoms with van der Waals surface area (Å²) in [6.45, 7) is 11.7. The van der Waals surface area contributed by atoms with E-state index in [2.05, 4.69) is 38.4 Å². The largest absolute Gasteiger partial charge is 0.466 e. The van der Waals surface area contributed by atoms with Crippen LogP contribution in [0.15, 0.2) is 0 Å². The molecule has 0 aromatic carbocycles. The molecule has 0 radical (unpaired) electrons. The van der Waals surface area contributed by atoms with Crippen molar-refractivity contribution in [3.8, 4) is 0 Å². The predicted molar refractivity (Wildman–Crippen MR) is 97.8 cm³/mol. The molecular weight excluding hydrogens is 294 g/mol. The minimum Gasteiger partial charge on any atom is -0.466 e. The Labute approximate surface area is 137 Å². The molecule has 1 aliphatic heterocycles. The maximum Gasteiger partial charge on any atom is 0.302 e. The molecule has 1 unspecified atom stereocenters. The van der Waals surface area contributed by atoms with E-state index in [9.17, 15) is 4.79 Å². The first-order valence-electron chi connectivity index (χ1n) is 8.36. The molecule has 1 heterocycles. The summed E-state index contributed by atoms with van der Waals surface area (Å²) in [5, 5.41) is 6.06. The molecule has 22 heavy (non-hydrogen) atoms. The van der Waals surface area contributed by atoms with Crippen molar-refractivity contribution in [3.05, 3.63) is 0 Å². The van der Waals surface area contributed by atoms with Gasteiger partial charge in [-0.2, -0.15) is 0 Å². The topological polar surface area (TPSA) is 102 Å². The van der Waals surface area contributed by atoms with Gasteiger partial charge in [0.15, 0.2) is 5.96 Å². The molecule has 0 aromatic rings. The summed E-state index contributed by atoms with van der Waals surface area (Å²) in [5.41, 5.74) is 10.0. The van der Waals surface area contributed by atoms with Gasteiger partial charge in [-0.25, -0.2) is 0 Å². The SMILES string of the molecule is CC1CCCC[Si]1(C)C.CCCCCOC(C)=O.N=C(N)N. The van der Waals surface area contributed by atoms with E-state index in [1.54, 1.807) is 6.04 Å². The number of guanidine groups is 1. The zero-order chi connectivity index (χ0) is 17.6. The molecule has 0 saturated carbocycles. The van der Waals surface area contributed by atoms with Gasteiger partial charge in [0.05, 0.1) is 14.7 Å². The fraction of sp³-hybridized carbons (Fsp3) is 0.875. The Hall–Kier alpha value is -1.04. The maximum atomic E-state index is 10.2. The Bertz CT molecular complexity index is 306. The van der Waals surface area contributed by atoms with Gasteiger partial charge in [-0.15, -0.1) is 0 Å². The number of esters is 1. The van der Waals surface area contributed by atoms with E-state index in [0.29, 0.717) is 6.61 Å². The van der Waals surface area contributed by atoms with Crippen LogP contribution in [0.5, 0.6) is 0 Å². The minimum absolute atomic E-state index is 0.175. The third-order valence-electron chi connectivity index (χ3n) is 4.10. The second kappa shape index (κ2) is 13.6. The first-order chi connectivity index (χ1) is 10.1. The highest BCUT2D eigenvalue weighted by molar-refractivity contribution is 6.78. The van der Waals surface area contributed by atoms with E-state index in [1.807, 2.05) is 0 Å². The highest BCUT2D eigenvalue weighted by Crippen LogP contribution is 2.36. The predicted octanol–water partition coefficient (Wildman–Crippen LogP) is 3.85. The maximum absolute atomic E-state index is 10.2. The standard InChI is InChI=1S/C8H18Si.C7H14O2.CH5N3/c1-8-6-4-5-7-9(8,2)3;1-3-4-5-6-9-7(2)8;2-1(3)4/h8H,4-7H2,1-3H3;3-6H2,1-2H3;(H5,2,3,4). The molecule has 1 aliphatic rings. The van der Waals surface area contributed by atoms with Crippen molar-refractivity contribution in [1.29, 1.82) is 5.41 Å². The van der Waals surface area contributed by atoms with Crippen LogP contribution in [0.1, 0.15) is 59.3 Å². The fourth-order valence-corrected chi connectivity index (χ4v) is 4.88. The van der Waals surface area contributed by atoms with Gasteiger partial charge in [0.2, 0.25) is 0 Å². The number of carbonyl (C=O) groups excluding carboxylic acids is 1. The van der Waals surface area contributed by atoms with Crippen molar-refractivity contribution in [1.82, 2.24) is 0 Å². The number of hydrogen-bond acceptors (Lipinski definition) is 3. The van der Waals surface area contributed by atoms with Gasteiger partial charge in [-0.1, -0.05) is 65.1 Å². The summed E-state index contributed by atoms with van der Waals surface area (Å²) >= 11 is 0. The van der Waals surface area contributed by atoms with Crippen LogP contribution in [-0.4, -0.2) is 26.6 Å². The first kappa shape index (κ1) is 23.2. The average Bonchev–Trinajstić information content (AvgIpc) is 2.38. The lowest BCUT2D eigenvalue weighted by molar-refractivity contribution is -0.141. The highest BCUT2D eigenvalue weighted by atomic mass is 28.3. The number of ether oxygens (including phenoxy) is 1. The van der Waals surface area contributed by atoms with Gasteiger partial charge in [-0.05, 0) is 12.0 Å². The lowest BCUT2D eigenvalue weighted by Crippen LogP contribution is -2.33. The summed E-state index contributed by atoms with van der Waals surface area (Å²) in [4.78, 5) is 10.2. The summed E-state index contributed by atoms with van der Waals surface area (Å²) in [7, 11) is -0.694. The van der Waals surface area contributed by atoms with E-state index in [4.69, 9.17) is 10.1 Å². The second-order valence-electron chi connectivity index (χ2n) is 6.64. The van der Waals surface area contributed by atoms with Crippen molar-refractivity contribution >= 4 is 20.0 Å². The van der Waals surface area contributed by atoms with Crippen LogP contribution in [0, 0.1) is 5.41 Å². The monoisotopic (exact) mass is 331 g/mol. The van der Waals surface area contributed by atoms with Crippen LogP contribution in [0.3, 0.4) is 0 Å². The van der Waals surface area contributed by atoms with E-state index >= 15 is 0 Å². The highest BCUT2D eigenvalue weighted by Gasteiger charge is 2.30. The van der Waals surface area contributed by atoms with E-state index in [0.717, 1.165) is 18.4 Å². The van der Waals surface area contributed by atoms with Gasteiger partial charge in [0, 0.05) is 6.92 Å². The summed E-state index contributed by atoms with van der Waals surface area (Å²) in [6, 6.07) is 1.58. The van der Waals surface area contributed by atoms with Crippen LogP contribution in [0.2, 0.25) is 24.7 Å². The average molecular weight is 332 g/mol. The van der Waals surface area contributed by atoms with Crippen LogP contribution >= 0.6 is 0 Å². The van der Waals surface area contributed by atoms with Crippen molar-refractivity contribution in [3.63, 3.8) is 0 Å². The molecule has 132 valence electrons. The molecule has 1 saturated heterocycles. The Kier molecular flexibility index (Phi) is 14.4. The molecule has 1 rings (SSSR count). The zero-order valence-corrected chi connectivity index (χ0v) is 16.2. The van der Waals surface area contributed by atoms with E-state index in [1.165, 1.54) is 32.6 Å². The van der Waals surface area contributed by atoms with Crippen LogP contribution < -0.4 is 11.5 Å². The smallest absolute Gasteiger partial charge is 0.302 e. The van der Waals surface area contributed by atoms with E-state index in [-0.39, 0.29) is 11.9 Å². The third-order valence-corrected chi connectivity index (χ3v) is 8.69. The van der Waals surface area contributed by atoms with Crippen LogP contribution in [0.25, 0.3) is 0 Å². The molecule has 6 heteroatoms. The Morgan fingerprint density at radius 3 is 2.14 bits per heavy atom. The lowest BCUT2D eigenvalue weighted by Gasteiger charge is -2.34. The normalized spacial score (nSPS) is 18.9. The van der Waals surface area contributed by atoms with Gasteiger partial charge >= 0.3 is 5.97 Å². The Balaban J connectivity index is 0. The molecule has 1 atom stereocenters. The van der Waals surface area contributed by atoms with Gasteiger partial charge in [0.25, 0.3) is 0 Å². The van der Waals surface area contributed by atoms with E-state index < -0.39 is 8.07 Å². The zero-order valence-electron chi connectivity index (χ0n) is 15.2. The van der Waals surface area contributed by atoms with Crippen LogP contribution in [-0.2, 0) is 9.53 Å². The first-order valence-corrected chi connectivity index (χ1v) is 11.6. The number of carbonyl (C=O) groups is 1. The Morgan fingerprint density at radius 2 is 1.82 bits per heavy atom. The summed E-state index contributed by atoms with van der Waals surface area (Å²) < 4.78 is 4.70. The van der Waals surface area contributed by atoms with Crippen molar-refractivity contribution in [2.75, 3.05) is 6.61 Å². The summed E-state index contributed by atoms with van der Waals surface area (Å²) in [6.07, 6.45) is 7.84. The molecular formula is C16H37N3O2Si. The molecule has 0 bridgehead atoms. The molecule has 0 aliphatic carbocycles. The molecule has 0 spiro atoms. The molecule has 0 amide bonds. The quantitative estimate of drug-likeness (QED) is 0.239. The van der Waals surface area contributed by atoms with Crippen molar-refractivity contribution < 1.29 is 9.53 Å². The van der Waals surface area contributed by atoms with Crippen LogP contribution in [0.4, 0.5) is 0 Å².